The molecular weight excluding hydrogens is 288 g/mol. The van der Waals surface area contributed by atoms with Crippen LogP contribution in [-0.2, 0) is 16.5 Å². The van der Waals surface area contributed by atoms with E-state index in [1.165, 1.54) is 6.07 Å². The highest BCUT2D eigenvalue weighted by atomic mass is 35.5. The Morgan fingerprint density at radius 2 is 1.84 bits per heavy atom. The highest BCUT2D eigenvalue weighted by Gasteiger charge is 2.27. The van der Waals surface area contributed by atoms with Crippen molar-refractivity contribution in [2.45, 2.75) is 11.3 Å². The predicted molar refractivity (Wildman–Crippen MR) is 70.6 cm³/mol. The van der Waals surface area contributed by atoms with Crippen molar-refractivity contribution in [3.05, 3.63) is 52.5 Å². The zero-order valence-corrected chi connectivity index (χ0v) is 11.2. The van der Waals surface area contributed by atoms with Gasteiger partial charge in [0.25, 0.3) is 10.1 Å². The van der Waals surface area contributed by atoms with Crippen LogP contribution < -0.4 is 4.74 Å². The van der Waals surface area contributed by atoms with E-state index in [1.807, 2.05) is 18.2 Å². The van der Waals surface area contributed by atoms with Gasteiger partial charge < -0.3 is 4.74 Å². The van der Waals surface area contributed by atoms with E-state index in [0.29, 0.717) is 23.5 Å². The lowest BCUT2D eigenvalue weighted by Crippen LogP contribution is -2.10. The van der Waals surface area contributed by atoms with Gasteiger partial charge in [-0.1, -0.05) is 29.8 Å². The van der Waals surface area contributed by atoms with Crippen LogP contribution in [0.3, 0.4) is 0 Å². The lowest BCUT2D eigenvalue weighted by Gasteiger charge is -2.22. The summed E-state index contributed by atoms with van der Waals surface area (Å²) in [6.07, 6.45) is 0.348. The van der Waals surface area contributed by atoms with Crippen LogP contribution in [0.4, 0.5) is 0 Å². The number of halogens is 1. The van der Waals surface area contributed by atoms with Gasteiger partial charge in [-0.15, -0.1) is 0 Å². The molecule has 98 valence electrons. The molecule has 19 heavy (non-hydrogen) atoms. The number of ether oxygens (including phenoxy) is 1. The van der Waals surface area contributed by atoms with Crippen molar-refractivity contribution in [3.63, 3.8) is 0 Å². The van der Waals surface area contributed by atoms with Gasteiger partial charge in [0, 0.05) is 12.0 Å². The number of rotatable bonds is 1. The van der Waals surface area contributed by atoms with Crippen molar-refractivity contribution >= 4 is 21.7 Å². The summed E-state index contributed by atoms with van der Waals surface area (Å²) < 4.78 is 37.8. The summed E-state index contributed by atoms with van der Waals surface area (Å²) in [5.74, 6) is 1.08. The Kier molecular flexibility index (Phi) is 2.78. The predicted octanol–water partition coefficient (Wildman–Crippen LogP) is 3.28. The van der Waals surface area contributed by atoms with Crippen LogP contribution in [0.15, 0.2) is 41.3 Å². The van der Waals surface area contributed by atoms with Gasteiger partial charge in [-0.3, -0.25) is 4.55 Å². The summed E-state index contributed by atoms with van der Waals surface area (Å²) in [6.45, 7) is 0. The summed E-state index contributed by atoms with van der Waals surface area (Å²) in [7, 11) is -4.39. The van der Waals surface area contributed by atoms with Crippen molar-refractivity contribution in [1.82, 2.24) is 0 Å². The van der Waals surface area contributed by atoms with E-state index in [1.54, 1.807) is 12.1 Å². The Labute approximate surface area is 115 Å². The van der Waals surface area contributed by atoms with Gasteiger partial charge >= 0.3 is 0 Å². The zero-order valence-electron chi connectivity index (χ0n) is 9.63. The minimum absolute atomic E-state index is 0.00997. The highest BCUT2D eigenvalue weighted by Crippen LogP contribution is 2.41. The second-order valence-corrected chi connectivity index (χ2v) is 5.98. The van der Waals surface area contributed by atoms with Gasteiger partial charge in [-0.2, -0.15) is 8.42 Å². The first-order valence-electron chi connectivity index (χ1n) is 5.51. The van der Waals surface area contributed by atoms with Gasteiger partial charge in [0.15, 0.2) is 0 Å². The van der Waals surface area contributed by atoms with Crippen molar-refractivity contribution in [2.24, 2.45) is 0 Å². The van der Waals surface area contributed by atoms with Crippen molar-refractivity contribution in [2.75, 3.05) is 0 Å². The van der Waals surface area contributed by atoms with E-state index >= 15 is 0 Å². The average molecular weight is 297 g/mol. The van der Waals surface area contributed by atoms with E-state index < -0.39 is 10.1 Å². The van der Waals surface area contributed by atoms with Gasteiger partial charge in [0.2, 0.25) is 0 Å². The second-order valence-electron chi connectivity index (χ2n) is 4.21. The minimum atomic E-state index is -4.39. The molecule has 3 rings (SSSR count). The highest BCUT2D eigenvalue weighted by molar-refractivity contribution is 7.86. The fourth-order valence-electron chi connectivity index (χ4n) is 2.18. The zero-order chi connectivity index (χ0) is 13.6. The van der Waals surface area contributed by atoms with Gasteiger partial charge in [-0.25, -0.2) is 0 Å². The molecule has 2 aromatic rings. The first-order valence-corrected chi connectivity index (χ1v) is 7.33. The fourth-order valence-corrected chi connectivity index (χ4v) is 3.45. The summed E-state index contributed by atoms with van der Waals surface area (Å²) in [5, 5.41) is -0.00997. The van der Waals surface area contributed by atoms with Crippen LogP contribution in [0.1, 0.15) is 11.1 Å². The topological polar surface area (TPSA) is 63.6 Å². The monoisotopic (exact) mass is 296 g/mol. The lowest BCUT2D eigenvalue weighted by atomic mass is 10.0. The second kappa shape index (κ2) is 4.23. The number of benzene rings is 2. The first-order chi connectivity index (χ1) is 8.97. The van der Waals surface area contributed by atoms with E-state index in [9.17, 15) is 13.0 Å². The Bertz CT molecular complexity index is 768. The van der Waals surface area contributed by atoms with Crippen LogP contribution in [-0.4, -0.2) is 13.0 Å². The average Bonchev–Trinajstić information content (AvgIpc) is 2.34. The standard InChI is InChI=1S/C13H9ClO4S/c14-10-5-6-12-9(13(10)19(15,16)17)7-8-3-1-2-4-11(8)18-12/h1-6H,7H2,(H,15,16,17). The molecule has 6 heteroatoms. The van der Waals surface area contributed by atoms with E-state index in [2.05, 4.69) is 0 Å². The lowest BCUT2D eigenvalue weighted by molar-refractivity contribution is 0.451. The third kappa shape index (κ3) is 2.10. The molecule has 0 radical (unpaired) electrons. The normalized spacial score (nSPS) is 13.4. The minimum Gasteiger partial charge on any atom is -0.457 e. The first kappa shape index (κ1) is 12.5. The molecule has 0 atom stereocenters. The molecule has 0 saturated heterocycles. The molecule has 0 aliphatic carbocycles. The Morgan fingerprint density at radius 3 is 2.58 bits per heavy atom. The smallest absolute Gasteiger partial charge is 0.296 e. The van der Waals surface area contributed by atoms with E-state index in [-0.39, 0.29) is 9.92 Å². The quantitative estimate of drug-likeness (QED) is 0.700. The van der Waals surface area contributed by atoms with Crippen molar-refractivity contribution < 1.29 is 17.7 Å². The third-order valence-corrected chi connectivity index (χ3v) is 4.40. The molecule has 1 heterocycles. The molecule has 0 aromatic heterocycles. The Hall–Kier alpha value is -1.56. The van der Waals surface area contributed by atoms with Crippen LogP contribution in [0, 0.1) is 0 Å². The van der Waals surface area contributed by atoms with Crippen LogP contribution in [0.25, 0.3) is 0 Å². The van der Waals surface area contributed by atoms with Crippen LogP contribution in [0.2, 0.25) is 5.02 Å². The van der Waals surface area contributed by atoms with Gasteiger partial charge in [0.05, 0.1) is 5.02 Å². The summed E-state index contributed by atoms with van der Waals surface area (Å²) >= 11 is 5.88. The van der Waals surface area contributed by atoms with Crippen molar-refractivity contribution in [1.29, 1.82) is 0 Å². The molecule has 0 amide bonds. The molecule has 2 aromatic carbocycles. The summed E-state index contributed by atoms with van der Waals surface area (Å²) in [5.41, 5.74) is 1.23. The molecule has 0 saturated carbocycles. The molecule has 0 spiro atoms. The Morgan fingerprint density at radius 1 is 1.11 bits per heavy atom. The summed E-state index contributed by atoms with van der Waals surface area (Å²) in [6, 6.07) is 10.3. The molecule has 0 fully saturated rings. The van der Waals surface area contributed by atoms with Crippen LogP contribution >= 0.6 is 11.6 Å². The maximum Gasteiger partial charge on any atom is 0.296 e. The molecule has 4 nitrogen and oxygen atoms in total. The molecule has 1 aliphatic rings. The number of para-hydroxylation sites is 1. The fraction of sp³-hybridized carbons (Fsp3) is 0.0769. The maximum atomic E-state index is 11.5. The molecule has 0 unspecified atom stereocenters. The van der Waals surface area contributed by atoms with E-state index in [0.717, 1.165) is 5.56 Å². The van der Waals surface area contributed by atoms with E-state index in [4.69, 9.17) is 16.3 Å². The number of fused-ring (bicyclic) bond motifs is 2. The molecule has 0 bridgehead atoms. The number of hydrogen-bond acceptors (Lipinski definition) is 3. The third-order valence-electron chi connectivity index (χ3n) is 2.99. The Balaban J connectivity index is 2.24. The molecule has 1 N–H and O–H groups in total. The van der Waals surface area contributed by atoms with Crippen molar-refractivity contribution in [3.8, 4) is 11.5 Å². The SMILES string of the molecule is O=S(=O)(O)c1c(Cl)ccc2c1Cc1ccccc1O2. The molecule has 1 aliphatic heterocycles. The van der Waals surface area contributed by atoms with Gasteiger partial charge in [0.1, 0.15) is 16.4 Å². The van der Waals surface area contributed by atoms with Gasteiger partial charge in [-0.05, 0) is 23.8 Å². The maximum absolute atomic E-state index is 11.5. The summed E-state index contributed by atoms with van der Waals surface area (Å²) in [4.78, 5) is -0.277. The number of hydrogen-bond donors (Lipinski definition) is 1. The largest absolute Gasteiger partial charge is 0.457 e. The molecular formula is C13H9ClO4S. The van der Waals surface area contributed by atoms with Crippen LogP contribution in [0.5, 0.6) is 11.5 Å².